The number of halogens is 3. The first-order chi connectivity index (χ1) is 20.0. The molecule has 0 amide bonds. The predicted octanol–water partition coefficient (Wildman–Crippen LogP) is 6.22. The van der Waals surface area contributed by atoms with Crippen LogP contribution in [0.5, 0.6) is 0 Å². The number of nitrogens with zero attached hydrogens (tertiary/aromatic N) is 5. The van der Waals surface area contributed by atoms with E-state index in [1.807, 2.05) is 37.5 Å². The Bertz CT molecular complexity index is 1750. The van der Waals surface area contributed by atoms with Crippen molar-refractivity contribution in [1.29, 1.82) is 5.26 Å². The topological polar surface area (TPSA) is 106 Å². The molecule has 0 bridgehead atoms. The van der Waals surface area contributed by atoms with Crippen LogP contribution in [0.15, 0.2) is 54.6 Å². The van der Waals surface area contributed by atoms with E-state index < -0.39 is 18.0 Å². The van der Waals surface area contributed by atoms with Gasteiger partial charge in [-0.15, -0.1) is 5.53 Å². The smallest absolute Gasteiger partial charge is 0.262 e. The molecule has 42 heavy (non-hydrogen) atoms. The van der Waals surface area contributed by atoms with Crippen molar-refractivity contribution in [2.45, 2.75) is 51.6 Å². The number of aromatic nitrogens is 3. The molecule has 4 N–H and O–H groups in total. The maximum Gasteiger partial charge on any atom is 0.262 e. The number of nitrogens with one attached hydrogen (secondary N) is 4. The molecule has 2 aliphatic rings. The summed E-state index contributed by atoms with van der Waals surface area (Å²) in [5.74, 6) is 0. The van der Waals surface area contributed by atoms with Gasteiger partial charge in [-0.3, -0.25) is 14.7 Å². The van der Waals surface area contributed by atoms with Gasteiger partial charge in [0, 0.05) is 48.6 Å². The maximum absolute atomic E-state index is 14.0. The minimum absolute atomic E-state index is 0.0356. The molecule has 3 heterocycles. The highest BCUT2D eigenvalue weighted by molar-refractivity contribution is 6.35. The number of fused-ring (bicyclic) bond motifs is 2. The first-order valence-corrected chi connectivity index (χ1v) is 14.1. The fourth-order valence-electron chi connectivity index (χ4n) is 5.30. The summed E-state index contributed by atoms with van der Waals surface area (Å²) in [6, 6.07) is 11.3. The van der Waals surface area contributed by atoms with Gasteiger partial charge in [0.1, 0.15) is 11.6 Å². The number of pyridine rings is 1. The Labute approximate surface area is 247 Å². The van der Waals surface area contributed by atoms with E-state index in [1.54, 1.807) is 16.9 Å². The predicted molar refractivity (Wildman–Crippen MR) is 161 cm³/mol. The molecule has 0 radical (unpaired) electrons. The zero-order valence-corrected chi connectivity index (χ0v) is 24.5. The van der Waals surface area contributed by atoms with Gasteiger partial charge in [0.25, 0.3) is 6.43 Å². The van der Waals surface area contributed by atoms with E-state index in [0.29, 0.717) is 57.9 Å². The van der Waals surface area contributed by atoms with Crippen LogP contribution in [-0.2, 0) is 7.05 Å². The van der Waals surface area contributed by atoms with Crippen LogP contribution >= 0.6 is 11.6 Å². The highest BCUT2D eigenvalue weighted by atomic mass is 35.5. The number of alkyl halides is 2. The molecule has 0 unspecified atom stereocenters. The lowest BCUT2D eigenvalue weighted by Crippen LogP contribution is -2.48. The molecule has 0 spiro atoms. The van der Waals surface area contributed by atoms with Crippen LogP contribution in [0.4, 0.5) is 20.2 Å². The van der Waals surface area contributed by atoms with Crippen LogP contribution in [0.25, 0.3) is 21.8 Å². The van der Waals surface area contributed by atoms with E-state index >= 15 is 0 Å². The summed E-state index contributed by atoms with van der Waals surface area (Å²) >= 11 is 6.77. The molecule has 4 aromatic rings. The van der Waals surface area contributed by atoms with Gasteiger partial charge in [0.15, 0.2) is 0 Å². The van der Waals surface area contributed by atoms with Crippen LogP contribution in [0.2, 0.25) is 5.02 Å². The highest BCUT2D eigenvalue weighted by Gasteiger charge is 2.56. The molecule has 1 aliphatic heterocycles. The molecule has 1 atom stereocenters. The fraction of sp³-hybridized carbons (Fsp3) is 0.367. The molecule has 12 heteroatoms. The van der Waals surface area contributed by atoms with Crippen molar-refractivity contribution in [3.63, 3.8) is 0 Å². The van der Waals surface area contributed by atoms with Crippen LogP contribution in [0.3, 0.4) is 0 Å². The largest absolute Gasteiger partial charge is 0.383 e. The van der Waals surface area contributed by atoms with Gasteiger partial charge in [0.2, 0.25) is 0 Å². The number of nitriles is 1. The third kappa shape index (κ3) is 5.05. The third-order valence-electron chi connectivity index (χ3n) is 7.71. The van der Waals surface area contributed by atoms with Gasteiger partial charge in [-0.1, -0.05) is 44.5 Å². The van der Waals surface area contributed by atoms with E-state index in [1.165, 1.54) is 11.2 Å². The minimum Gasteiger partial charge on any atom is -0.383 e. The fourth-order valence-corrected chi connectivity index (χ4v) is 5.57. The van der Waals surface area contributed by atoms with Crippen LogP contribution < -0.4 is 21.6 Å². The molecular formula is C30H32ClF2N9. The van der Waals surface area contributed by atoms with Crippen molar-refractivity contribution in [1.82, 2.24) is 30.7 Å². The molecule has 1 aliphatic carbocycles. The molecule has 1 saturated carbocycles. The van der Waals surface area contributed by atoms with Gasteiger partial charge in [-0.2, -0.15) is 10.4 Å². The quantitative estimate of drug-likeness (QED) is 0.191. The van der Waals surface area contributed by atoms with Crippen molar-refractivity contribution in [3.8, 4) is 6.07 Å². The van der Waals surface area contributed by atoms with Gasteiger partial charge in [-0.05, 0) is 42.0 Å². The van der Waals surface area contributed by atoms with Gasteiger partial charge in [0.05, 0.1) is 39.0 Å². The minimum atomic E-state index is -2.49. The number of hydrogen-bond acceptors (Lipinski definition) is 8. The number of hydrazine groups is 2. The summed E-state index contributed by atoms with van der Waals surface area (Å²) in [7, 11) is 1.86. The van der Waals surface area contributed by atoms with Crippen molar-refractivity contribution in [3.05, 3.63) is 70.8 Å². The Morgan fingerprint density at radius 2 is 2.00 bits per heavy atom. The average molecular weight is 592 g/mol. The van der Waals surface area contributed by atoms with E-state index in [4.69, 9.17) is 11.6 Å². The van der Waals surface area contributed by atoms with Crippen LogP contribution in [0.1, 0.15) is 50.8 Å². The summed E-state index contributed by atoms with van der Waals surface area (Å²) in [6.45, 7) is 6.96. The van der Waals surface area contributed by atoms with Crippen molar-refractivity contribution < 1.29 is 8.78 Å². The van der Waals surface area contributed by atoms with Gasteiger partial charge in [-0.25, -0.2) is 8.78 Å². The van der Waals surface area contributed by atoms with E-state index in [2.05, 4.69) is 58.5 Å². The number of aryl methyl sites for hydroxylation is 1. The summed E-state index contributed by atoms with van der Waals surface area (Å²) in [6.07, 6.45) is 3.49. The molecule has 2 aromatic carbocycles. The molecular weight excluding hydrogens is 560 g/mol. The SMILES string of the molecule is Cn1cc2c([C@H](Nc3cc(Cl)c4ncc(C#N)c(NCC(C)(C)C)c4c3)C3=CN(C4(C(F)F)CC4)NN3)cccc2n1. The highest BCUT2D eigenvalue weighted by Crippen LogP contribution is 2.47. The first-order valence-electron chi connectivity index (χ1n) is 13.7. The standard InChI is InChI=1S/C30H32ClF2N9/c1-29(2,3)16-36-25-17(12-34)13-35-26-20(25)10-18(11-22(26)31)37-27(19-6-5-7-23-21(19)14-41(4)39-23)24-15-42(40-38-24)30(8-9-30)28(32)33/h5-7,10-11,13-15,27-28,37-38,40H,8-9,16H2,1-4H3,(H,35,36)/t27-/m0/s1. The Kier molecular flexibility index (Phi) is 6.86. The first kappa shape index (κ1) is 28.0. The molecule has 218 valence electrons. The van der Waals surface area contributed by atoms with Crippen molar-refractivity contribution in [2.75, 3.05) is 17.2 Å². The Morgan fingerprint density at radius 3 is 2.69 bits per heavy atom. The van der Waals surface area contributed by atoms with Crippen LogP contribution in [-0.4, -0.2) is 38.3 Å². The van der Waals surface area contributed by atoms with Gasteiger partial charge >= 0.3 is 0 Å². The van der Waals surface area contributed by atoms with Crippen LogP contribution in [0, 0.1) is 16.7 Å². The van der Waals surface area contributed by atoms with Crippen molar-refractivity contribution in [2.24, 2.45) is 12.5 Å². The average Bonchev–Trinajstić information content (AvgIpc) is 3.44. The molecule has 9 nitrogen and oxygen atoms in total. The number of hydrogen-bond donors (Lipinski definition) is 4. The Balaban J connectivity index is 1.46. The molecule has 1 fully saturated rings. The monoisotopic (exact) mass is 591 g/mol. The van der Waals surface area contributed by atoms with E-state index in [9.17, 15) is 14.0 Å². The maximum atomic E-state index is 14.0. The molecule has 2 aromatic heterocycles. The summed E-state index contributed by atoms with van der Waals surface area (Å²) in [5, 5.41) is 25.0. The number of anilines is 2. The molecule has 0 saturated heterocycles. The van der Waals surface area contributed by atoms with E-state index in [-0.39, 0.29) is 5.41 Å². The lowest BCUT2D eigenvalue weighted by molar-refractivity contribution is 0.00911. The third-order valence-corrected chi connectivity index (χ3v) is 8.00. The normalized spacial score (nSPS) is 16.8. The van der Waals surface area contributed by atoms with Crippen molar-refractivity contribution >= 4 is 44.8 Å². The lowest BCUT2D eigenvalue weighted by atomic mass is 9.96. The lowest BCUT2D eigenvalue weighted by Gasteiger charge is -2.25. The Hall–Kier alpha value is -4.14. The zero-order valence-electron chi connectivity index (χ0n) is 23.8. The summed E-state index contributed by atoms with van der Waals surface area (Å²) in [5.41, 5.74) is 9.50. The number of rotatable bonds is 8. The summed E-state index contributed by atoms with van der Waals surface area (Å²) < 4.78 is 29.6. The number of benzene rings is 2. The molecule has 6 rings (SSSR count). The van der Waals surface area contributed by atoms with Gasteiger partial charge < -0.3 is 16.1 Å². The second-order valence-electron chi connectivity index (χ2n) is 12.2. The summed E-state index contributed by atoms with van der Waals surface area (Å²) in [4.78, 5) is 4.47. The second-order valence-corrected chi connectivity index (χ2v) is 12.6. The van der Waals surface area contributed by atoms with E-state index in [0.717, 1.165) is 16.5 Å². The second kappa shape index (κ2) is 10.3. The Morgan fingerprint density at radius 1 is 1.21 bits per heavy atom. The zero-order chi connectivity index (χ0) is 29.8.